The van der Waals surface area contributed by atoms with E-state index >= 15 is 0 Å². The Morgan fingerprint density at radius 2 is 1.96 bits per heavy atom. The Labute approximate surface area is 155 Å². The molecule has 1 saturated carbocycles. The lowest BCUT2D eigenvalue weighted by molar-refractivity contribution is -0.154. The third-order valence-electron chi connectivity index (χ3n) is 5.06. The number of aliphatic hydroxyl groups excluding tert-OH is 1. The van der Waals surface area contributed by atoms with Crippen molar-refractivity contribution in [2.75, 3.05) is 6.54 Å². The van der Waals surface area contributed by atoms with Gasteiger partial charge in [0.1, 0.15) is 0 Å². The molecular weight excluding hydrogens is 330 g/mol. The number of ether oxygens (including phenoxy) is 2. The Morgan fingerprint density at radius 3 is 2.58 bits per heavy atom. The van der Waals surface area contributed by atoms with Gasteiger partial charge < -0.3 is 19.9 Å². The minimum Gasteiger partial charge on any atom is -0.459 e. The summed E-state index contributed by atoms with van der Waals surface area (Å²) in [5.74, 6) is 1.56. The van der Waals surface area contributed by atoms with Gasteiger partial charge in [0.25, 0.3) is 5.91 Å². The molecule has 1 aliphatic carbocycles. The van der Waals surface area contributed by atoms with Crippen LogP contribution in [0.25, 0.3) is 0 Å². The third-order valence-corrected chi connectivity index (χ3v) is 5.06. The summed E-state index contributed by atoms with van der Waals surface area (Å²) in [6.45, 7) is 5.48. The van der Waals surface area contributed by atoms with Crippen LogP contribution in [0, 0.1) is 17.8 Å². The van der Waals surface area contributed by atoms with Crippen LogP contribution in [-0.2, 0) is 27.5 Å². The molecule has 1 amide bonds. The molecular formula is C21H29NO4. The molecule has 2 N–H and O–H groups in total. The van der Waals surface area contributed by atoms with Crippen molar-refractivity contribution >= 4 is 5.91 Å². The molecule has 0 bridgehead atoms. The maximum atomic E-state index is 12.4. The normalized spacial score (nSPS) is 22.7. The van der Waals surface area contributed by atoms with E-state index in [2.05, 4.69) is 19.2 Å². The van der Waals surface area contributed by atoms with Crippen molar-refractivity contribution in [3.8, 4) is 0 Å². The van der Waals surface area contributed by atoms with Gasteiger partial charge in [0.2, 0.25) is 6.29 Å². The van der Waals surface area contributed by atoms with E-state index in [1.165, 1.54) is 12.8 Å². The molecule has 0 spiro atoms. The predicted molar refractivity (Wildman–Crippen MR) is 98.8 cm³/mol. The number of rotatable bonds is 8. The smallest absolute Gasteiger partial charge is 0.286 e. The predicted octanol–water partition coefficient (Wildman–Crippen LogP) is 3.12. The highest BCUT2D eigenvalue weighted by Crippen LogP contribution is 2.30. The van der Waals surface area contributed by atoms with Crippen LogP contribution in [-0.4, -0.2) is 23.8 Å². The van der Waals surface area contributed by atoms with E-state index in [9.17, 15) is 4.79 Å². The molecule has 2 unspecified atom stereocenters. The van der Waals surface area contributed by atoms with Crippen molar-refractivity contribution in [1.82, 2.24) is 5.32 Å². The second-order valence-corrected chi connectivity index (χ2v) is 7.66. The lowest BCUT2D eigenvalue weighted by atomic mass is 9.90. The van der Waals surface area contributed by atoms with Gasteiger partial charge in [-0.15, -0.1) is 0 Å². The second kappa shape index (κ2) is 8.69. The van der Waals surface area contributed by atoms with Crippen LogP contribution >= 0.6 is 0 Å². The molecule has 5 heteroatoms. The van der Waals surface area contributed by atoms with Gasteiger partial charge in [0.05, 0.1) is 13.2 Å². The Bertz CT molecular complexity index is 634. The van der Waals surface area contributed by atoms with E-state index in [-0.39, 0.29) is 18.4 Å². The summed E-state index contributed by atoms with van der Waals surface area (Å²) in [5.41, 5.74) is 1.89. The van der Waals surface area contributed by atoms with E-state index in [0.29, 0.717) is 24.2 Å². The Kier molecular flexibility index (Phi) is 6.33. The fraction of sp³-hybridized carbons (Fsp3) is 0.571. The van der Waals surface area contributed by atoms with Gasteiger partial charge in [-0.05, 0) is 47.8 Å². The summed E-state index contributed by atoms with van der Waals surface area (Å²) >= 11 is 0. The summed E-state index contributed by atoms with van der Waals surface area (Å²) in [5, 5.41) is 12.1. The number of carbonyl (C=O) groups excluding carboxylic acids is 1. The zero-order chi connectivity index (χ0) is 18.5. The number of aliphatic hydroxyl groups is 1. The molecule has 1 fully saturated rings. The molecule has 2 atom stereocenters. The zero-order valence-corrected chi connectivity index (χ0v) is 15.6. The summed E-state index contributed by atoms with van der Waals surface area (Å²) in [6.07, 6.45) is 4.67. The van der Waals surface area contributed by atoms with Crippen LogP contribution in [0.3, 0.4) is 0 Å². The van der Waals surface area contributed by atoms with Gasteiger partial charge in [-0.25, -0.2) is 0 Å². The number of carbonyl (C=O) groups is 1. The lowest BCUT2D eigenvalue weighted by Gasteiger charge is -2.31. The fourth-order valence-electron chi connectivity index (χ4n) is 2.99. The quantitative estimate of drug-likeness (QED) is 0.748. The standard InChI is InChI=1S/C21H29NO4/c1-14(2)18-9-19(21(24)22-11-15-3-4-15)26-20(10-18)25-13-17-7-5-16(12-23)6-8-17/h5-9,14-15,18,20,23H,3-4,10-13H2,1-2H3,(H,22,24). The molecule has 5 nitrogen and oxygen atoms in total. The van der Waals surface area contributed by atoms with Crippen LogP contribution in [0.15, 0.2) is 36.1 Å². The van der Waals surface area contributed by atoms with Gasteiger partial charge >= 0.3 is 0 Å². The molecule has 3 rings (SSSR count). The largest absolute Gasteiger partial charge is 0.459 e. The topological polar surface area (TPSA) is 67.8 Å². The van der Waals surface area contributed by atoms with Crippen molar-refractivity contribution in [2.45, 2.75) is 52.6 Å². The highest BCUT2D eigenvalue weighted by Gasteiger charge is 2.30. The van der Waals surface area contributed by atoms with Gasteiger partial charge in [-0.1, -0.05) is 38.1 Å². The second-order valence-electron chi connectivity index (χ2n) is 7.66. The summed E-state index contributed by atoms with van der Waals surface area (Å²) in [6, 6.07) is 7.64. The summed E-state index contributed by atoms with van der Waals surface area (Å²) in [7, 11) is 0. The molecule has 1 aromatic rings. The van der Waals surface area contributed by atoms with E-state index in [4.69, 9.17) is 14.6 Å². The highest BCUT2D eigenvalue weighted by molar-refractivity contribution is 5.91. The van der Waals surface area contributed by atoms with E-state index in [0.717, 1.165) is 24.1 Å². The van der Waals surface area contributed by atoms with Crippen LogP contribution < -0.4 is 5.32 Å². The molecule has 0 radical (unpaired) electrons. The first kappa shape index (κ1) is 18.9. The molecule has 1 aromatic carbocycles. The SMILES string of the molecule is CC(C)C1C=C(C(=O)NCC2CC2)OC(OCc2ccc(CO)cc2)C1. The lowest BCUT2D eigenvalue weighted by Crippen LogP contribution is -2.35. The molecule has 26 heavy (non-hydrogen) atoms. The van der Waals surface area contributed by atoms with Crippen molar-refractivity contribution in [2.24, 2.45) is 17.8 Å². The van der Waals surface area contributed by atoms with Crippen LogP contribution in [0.5, 0.6) is 0 Å². The first-order valence-electron chi connectivity index (χ1n) is 9.52. The zero-order valence-electron chi connectivity index (χ0n) is 15.6. The molecule has 1 heterocycles. The fourth-order valence-corrected chi connectivity index (χ4v) is 2.99. The molecule has 0 aromatic heterocycles. The maximum absolute atomic E-state index is 12.4. The van der Waals surface area contributed by atoms with Gasteiger partial charge in [-0.3, -0.25) is 4.79 Å². The number of allylic oxidation sites excluding steroid dienone is 1. The number of benzene rings is 1. The van der Waals surface area contributed by atoms with E-state index in [1.54, 1.807) is 0 Å². The molecule has 1 aliphatic heterocycles. The third kappa shape index (κ3) is 5.32. The molecule has 142 valence electrons. The van der Waals surface area contributed by atoms with E-state index in [1.807, 2.05) is 30.3 Å². The van der Waals surface area contributed by atoms with Gasteiger partial charge in [0.15, 0.2) is 5.76 Å². The first-order chi connectivity index (χ1) is 12.5. The molecule has 0 saturated heterocycles. The molecule has 2 aliphatic rings. The van der Waals surface area contributed by atoms with Crippen molar-refractivity contribution in [1.29, 1.82) is 0 Å². The van der Waals surface area contributed by atoms with Gasteiger partial charge in [0, 0.05) is 13.0 Å². The Morgan fingerprint density at radius 1 is 1.27 bits per heavy atom. The monoisotopic (exact) mass is 359 g/mol. The van der Waals surface area contributed by atoms with Crippen LogP contribution in [0.4, 0.5) is 0 Å². The number of hydrogen-bond acceptors (Lipinski definition) is 4. The average molecular weight is 359 g/mol. The average Bonchev–Trinajstić information content (AvgIpc) is 3.49. The number of nitrogens with one attached hydrogen (secondary N) is 1. The first-order valence-corrected chi connectivity index (χ1v) is 9.52. The van der Waals surface area contributed by atoms with Gasteiger partial charge in [-0.2, -0.15) is 0 Å². The minimum absolute atomic E-state index is 0.0348. The Balaban J connectivity index is 1.57. The van der Waals surface area contributed by atoms with Crippen LogP contribution in [0.2, 0.25) is 0 Å². The number of hydrogen-bond donors (Lipinski definition) is 2. The highest BCUT2D eigenvalue weighted by atomic mass is 16.7. The Hall–Kier alpha value is -1.85. The van der Waals surface area contributed by atoms with Crippen molar-refractivity contribution in [3.05, 3.63) is 47.2 Å². The number of amides is 1. The van der Waals surface area contributed by atoms with Crippen molar-refractivity contribution < 1.29 is 19.4 Å². The summed E-state index contributed by atoms with van der Waals surface area (Å²) in [4.78, 5) is 12.4. The van der Waals surface area contributed by atoms with Crippen LogP contribution in [0.1, 0.15) is 44.2 Å². The maximum Gasteiger partial charge on any atom is 0.286 e. The summed E-state index contributed by atoms with van der Waals surface area (Å²) < 4.78 is 11.8. The van der Waals surface area contributed by atoms with E-state index < -0.39 is 6.29 Å². The van der Waals surface area contributed by atoms with Crippen molar-refractivity contribution in [3.63, 3.8) is 0 Å². The minimum atomic E-state index is -0.424.